The number of likely N-dealkylation sites (tertiary alicyclic amines) is 1. The van der Waals surface area contributed by atoms with Crippen LogP contribution in [0.4, 0.5) is 0 Å². The quantitative estimate of drug-likeness (QED) is 0.585. The largest absolute Gasteiger partial charge is 0.376 e. The Morgan fingerprint density at radius 1 is 1.03 bits per heavy atom. The first-order chi connectivity index (χ1) is 14.6. The van der Waals surface area contributed by atoms with E-state index < -0.39 is 11.7 Å². The molecule has 2 aliphatic heterocycles. The van der Waals surface area contributed by atoms with Crippen molar-refractivity contribution in [3.05, 3.63) is 36.0 Å². The second-order valence-corrected chi connectivity index (χ2v) is 8.16. The molecule has 7 nitrogen and oxygen atoms in total. The van der Waals surface area contributed by atoms with Gasteiger partial charge in [0.1, 0.15) is 6.54 Å². The summed E-state index contributed by atoms with van der Waals surface area (Å²) in [5, 5.41) is 3.39. The monoisotopic (exact) mass is 411 g/mol. The van der Waals surface area contributed by atoms with Crippen LogP contribution in [-0.4, -0.2) is 59.4 Å². The van der Waals surface area contributed by atoms with Gasteiger partial charge in [-0.15, -0.1) is 0 Å². The molecule has 0 saturated carbocycles. The number of fused-ring (bicyclic) bond motifs is 1. The highest BCUT2D eigenvalue weighted by molar-refractivity contribution is 6.45. The Kier molecular flexibility index (Phi) is 6.47. The maximum absolute atomic E-state index is 12.9. The lowest BCUT2D eigenvalue weighted by Gasteiger charge is -2.20. The summed E-state index contributed by atoms with van der Waals surface area (Å²) in [6.45, 7) is 2.79. The summed E-state index contributed by atoms with van der Waals surface area (Å²) in [6, 6.07) is 7.42. The number of Topliss-reactive ketones (excluding diaryl/α,β-unsaturated/α-hetero) is 1. The van der Waals surface area contributed by atoms with E-state index in [9.17, 15) is 14.4 Å². The molecule has 160 valence electrons. The zero-order valence-corrected chi connectivity index (χ0v) is 17.3. The Morgan fingerprint density at radius 3 is 2.53 bits per heavy atom. The SMILES string of the molecule is O=C(NC[C@H]1CCCO1)C(=O)c1cn(CC(=O)N2CCCCCC2)c2ccccc12. The van der Waals surface area contributed by atoms with Crippen molar-refractivity contribution in [2.24, 2.45) is 0 Å². The number of ketones is 1. The van der Waals surface area contributed by atoms with Crippen LogP contribution in [0.1, 0.15) is 48.9 Å². The third-order valence-corrected chi connectivity index (χ3v) is 6.02. The molecular weight excluding hydrogens is 382 g/mol. The van der Waals surface area contributed by atoms with E-state index in [1.165, 1.54) is 0 Å². The molecule has 7 heteroatoms. The Hall–Kier alpha value is -2.67. The molecule has 0 radical (unpaired) electrons. The normalized spacial score (nSPS) is 19.6. The topological polar surface area (TPSA) is 80.6 Å². The standard InChI is InChI=1S/C23H29N3O4/c27-21(25-11-5-1-2-6-12-25)16-26-15-19(18-9-3-4-10-20(18)26)22(28)23(29)24-14-17-8-7-13-30-17/h3-4,9-10,15,17H,1-2,5-8,11-14,16H2,(H,24,29)/t17-/m1/s1. The fourth-order valence-corrected chi connectivity index (χ4v) is 4.34. The van der Waals surface area contributed by atoms with E-state index in [1.807, 2.05) is 29.2 Å². The second-order valence-electron chi connectivity index (χ2n) is 8.16. The lowest BCUT2D eigenvalue weighted by Crippen LogP contribution is -2.36. The van der Waals surface area contributed by atoms with Crippen LogP contribution in [0.15, 0.2) is 30.5 Å². The number of hydrogen-bond donors (Lipinski definition) is 1. The summed E-state index contributed by atoms with van der Waals surface area (Å²) in [7, 11) is 0. The number of carbonyl (C=O) groups is 3. The molecule has 2 amide bonds. The van der Waals surface area contributed by atoms with Gasteiger partial charge in [-0.3, -0.25) is 14.4 Å². The molecular formula is C23H29N3O4. The van der Waals surface area contributed by atoms with Crippen LogP contribution < -0.4 is 5.32 Å². The highest BCUT2D eigenvalue weighted by atomic mass is 16.5. The third-order valence-electron chi connectivity index (χ3n) is 6.02. The maximum Gasteiger partial charge on any atom is 0.292 e. The van der Waals surface area contributed by atoms with E-state index in [1.54, 1.807) is 10.8 Å². The van der Waals surface area contributed by atoms with Crippen molar-refractivity contribution in [2.75, 3.05) is 26.2 Å². The van der Waals surface area contributed by atoms with Gasteiger partial charge in [0, 0.05) is 43.3 Å². The molecule has 2 aromatic rings. The first-order valence-electron chi connectivity index (χ1n) is 10.9. The van der Waals surface area contributed by atoms with Gasteiger partial charge in [0.2, 0.25) is 5.91 Å². The fourth-order valence-electron chi connectivity index (χ4n) is 4.34. The Bertz CT molecular complexity index is 922. The number of amides is 2. The predicted octanol–water partition coefficient (Wildman–Crippen LogP) is 2.52. The van der Waals surface area contributed by atoms with Crippen LogP contribution in [0.2, 0.25) is 0 Å². The van der Waals surface area contributed by atoms with Gasteiger partial charge in [-0.2, -0.15) is 0 Å². The minimum Gasteiger partial charge on any atom is -0.376 e. The number of rotatable bonds is 6. The number of para-hydroxylation sites is 1. The van der Waals surface area contributed by atoms with Crippen LogP contribution >= 0.6 is 0 Å². The van der Waals surface area contributed by atoms with Crippen LogP contribution in [0.5, 0.6) is 0 Å². The van der Waals surface area contributed by atoms with Crippen LogP contribution in [-0.2, 0) is 20.9 Å². The Morgan fingerprint density at radius 2 is 1.80 bits per heavy atom. The number of carbonyl (C=O) groups excluding carboxylic acids is 3. The summed E-state index contributed by atoms with van der Waals surface area (Å²) in [4.78, 5) is 40.1. The molecule has 4 rings (SSSR count). The van der Waals surface area contributed by atoms with Gasteiger partial charge in [-0.05, 0) is 31.7 Å². The molecule has 1 N–H and O–H groups in total. The van der Waals surface area contributed by atoms with Crippen molar-refractivity contribution < 1.29 is 19.1 Å². The molecule has 2 fully saturated rings. The predicted molar refractivity (Wildman–Crippen MR) is 113 cm³/mol. The van der Waals surface area contributed by atoms with Crippen LogP contribution in [0, 0.1) is 0 Å². The highest BCUT2D eigenvalue weighted by Gasteiger charge is 2.24. The van der Waals surface area contributed by atoms with Crippen molar-refractivity contribution >= 4 is 28.5 Å². The molecule has 1 atom stereocenters. The number of ether oxygens (including phenoxy) is 1. The highest BCUT2D eigenvalue weighted by Crippen LogP contribution is 2.23. The molecule has 0 bridgehead atoms. The number of benzene rings is 1. The lowest BCUT2D eigenvalue weighted by atomic mass is 10.1. The van der Waals surface area contributed by atoms with E-state index in [-0.39, 0.29) is 18.6 Å². The smallest absolute Gasteiger partial charge is 0.292 e. The van der Waals surface area contributed by atoms with Crippen LogP contribution in [0.25, 0.3) is 10.9 Å². The minimum atomic E-state index is -0.632. The number of hydrogen-bond acceptors (Lipinski definition) is 4. The van der Waals surface area contributed by atoms with E-state index in [0.717, 1.165) is 57.1 Å². The fraction of sp³-hybridized carbons (Fsp3) is 0.522. The molecule has 0 spiro atoms. The van der Waals surface area contributed by atoms with E-state index in [4.69, 9.17) is 4.74 Å². The molecule has 30 heavy (non-hydrogen) atoms. The number of aromatic nitrogens is 1. The summed E-state index contributed by atoms with van der Waals surface area (Å²) in [5.74, 6) is -1.16. The molecule has 0 unspecified atom stereocenters. The summed E-state index contributed by atoms with van der Waals surface area (Å²) < 4.78 is 7.30. The van der Waals surface area contributed by atoms with Gasteiger partial charge >= 0.3 is 0 Å². The Balaban J connectivity index is 1.50. The van der Waals surface area contributed by atoms with Crippen molar-refractivity contribution in [1.29, 1.82) is 0 Å². The Labute approximate surface area is 176 Å². The molecule has 1 aromatic carbocycles. The zero-order valence-electron chi connectivity index (χ0n) is 17.3. The number of nitrogens with zero attached hydrogens (tertiary/aromatic N) is 2. The summed E-state index contributed by atoms with van der Waals surface area (Å²) in [6.07, 6.45) is 7.90. The molecule has 2 saturated heterocycles. The van der Waals surface area contributed by atoms with E-state index >= 15 is 0 Å². The third kappa shape index (κ3) is 4.56. The van der Waals surface area contributed by atoms with Gasteiger partial charge in [0.25, 0.3) is 11.7 Å². The first-order valence-corrected chi connectivity index (χ1v) is 10.9. The molecule has 1 aromatic heterocycles. The van der Waals surface area contributed by atoms with Crippen molar-refractivity contribution in [1.82, 2.24) is 14.8 Å². The van der Waals surface area contributed by atoms with Crippen molar-refractivity contribution in [2.45, 2.75) is 51.2 Å². The minimum absolute atomic E-state index is 0.0191. The van der Waals surface area contributed by atoms with Gasteiger partial charge in [-0.1, -0.05) is 31.0 Å². The summed E-state index contributed by atoms with van der Waals surface area (Å²) in [5.41, 5.74) is 1.12. The van der Waals surface area contributed by atoms with E-state index in [2.05, 4.69) is 5.32 Å². The van der Waals surface area contributed by atoms with Gasteiger partial charge in [-0.25, -0.2) is 0 Å². The summed E-state index contributed by atoms with van der Waals surface area (Å²) >= 11 is 0. The van der Waals surface area contributed by atoms with Gasteiger partial charge in [0.05, 0.1) is 11.7 Å². The molecule has 0 aliphatic carbocycles. The molecule has 3 heterocycles. The lowest BCUT2D eigenvalue weighted by molar-refractivity contribution is -0.131. The van der Waals surface area contributed by atoms with Crippen LogP contribution in [0.3, 0.4) is 0 Å². The van der Waals surface area contributed by atoms with Gasteiger partial charge < -0.3 is 19.5 Å². The van der Waals surface area contributed by atoms with E-state index in [0.29, 0.717) is 24.1 Å². The number of nitrogens with one attached hydrogen (secondary N) is 1. The zero-order chi connectivity index (χ0) is 20.9. The van der Waals surface area contributed by atoms with Crippen molar-refractivity contribution in [3.63, 3.8) is 0 Å². The maximum atomic E-state index is 12.9. The average Bonchev–Trinajstić information content (AvgIpc) is 3.31. The van der Waals surface area contributed by atoms with Crippen molar-refractivity contribution in [3.8, 4) is 0 Å². The van der Waals surface area contributed by atoms with Gasteiger partial charge in [0.15, 0.2) is 0 Å². The second kappa shape index (κ2) is 9.43. The molecule has 2 aliphatic rings. The first kappa shape index (κ1) is 20.6. The average molecular weight is 412 g/mol.